The van der Waals surface area contributed by atoms with Crippen LogP contribution in [0.4, 0.5) is 0 Å². The van der Waals surface area contributed by atoms with Crippen molar-refractivity contribution in [1.82, 2.24) is 0 Å². The Kier molecular flexibility index (Phi) is 20.7. The van der Waals surface area contributed by atoms with Gasteiger partial charge in [-0.3, -0.25) is 0 Å². The van der Waals surface area contributed by atoms with Gasteiger partial charge in [-0.2, -0.15) is 0 Å². The molecule has 0 rings (SSSR count). The summed E-state index contributed by atoms with van der Waals surface area (Å²) in [5.41, 5.74) is 0. The van der Waals surface area contributed by atoms with Crippen LogP contribution >= 0.6 is 46.0 Å². The number of hydrogen-bond donors (Lipinski definition) is 0. The molecule has 0 aliphatic heterocycles. The molecule has 0 unspecified atom stereocenters. The predicted molar refractivity (Wildman–Crippen MR) is 34.9 cm³/mol. The summed E-state index contributed by atoms with van der Waals surface area (Å²) < 4.78 is 4.19. The first-order chi connectivity index (χ1) is 1.41. The number of halogens is 2. The van der Waals surface area contributed by atoms with Gasteiger partial charge in [0.15, 0.2) is 0 Å². The minimum absolute atomic E-state index is 0. The Morgan fingerprint density at radius 3 is 1.25 bits per heavy atom. The molecule has 4 heavy (non-hydrogen) atoms. The van der Waals surface area contributed by atoms with E-state index in [1.807, 2.05) is 0 Å². The van der Waals surface area contributed by atoms with E-state index in [0.29, 0.717) is 0 Å². The van der Waals surface area contributed by atoms with E-state index in [2.05, 4.69) is 1.40 Å². The first-order valence-electron chi connectivity index (χ1n) is 0.309. The van der Waals surface area contributed by atoms with Crippen molar-refractivity contribution in [3.63, 3.8) is 0 Å². The fraction of sp³-hybridized carbons (Fsp3) is 0. The Morgan fingerprint density at radius 2 is 1.25 bits per heavy atom. The molecule has 0 aromatic heterocycles. The zero-order valence-corrected chi connectivity index (χ0v) is 7.60. The quantitative estimate of drug-likeness (QED) is 0.474. The first kappa shape index (κ1) is 9.34. The Hall–Kier alpha value is 1.94. The summed E-state index contributed by atoms with van der Waals surface area (Å²) >= 11 is 3.55. The van der Waals surface area contributed by atoms with Crippen molar-refractivity contribution >= 4 is 63.1 Å². The second kappa shape index (κ2) is 8.87. The molecule has 26 valence electrons. The molecular formula is I2OSe. The van der Waals surface area contributed by atoms with E-state index in [9.17, 15) is 0 Å². The van der Waals surface area contributed by atoms with Crippen LogP contribution in [0.5, 0.6) is 0 Å². The van der Waals surface area contributed by atoms with Crippen LogP contribution in [0.3, 0.4) is 0 Å². The Bertz CT molecular complexity index is 6.00. The smallest absolute Gasteiger partial charge is 0.124 e. The molecular weight excluding hydrogens is 349 g/mol. The van der Waals surface area contributed by atoms with Crippen molar-refractivity contribution in [1.29, 1.82) is 0 Å². The first-order valence-corrected chi connectivity index (χ1v) is 2.07. The van der Waals surface area contributed by atoms with Gasteiger partial charge in [0.2, 0.25) is 0 Å². The zero-order valence-electron chi connectivity index (χ0n) is 1.57. The van der Waals surface area contributed by atoms with Crippen LogP contribution in [0, 0.1) is 0 Å². The van der Waals surface area contributed by atoms with E-state index in [-0.39, 0.29) is 17.1 Å². The SMILES string of the molecule is IOI.[Se]. The summed E-state index contributed by atoms with van der Waals surface area (Å²) in [6.45, 7) is 0. The Morgan fingerprint density at radius 1 is 1.25 bits per heavy atom. The van der Waals surface area contributed by atoms with E-state index < -0.39 is 0 Å². The maximum Gasteiger partial charge on any atom is 0.124 e. The van der Waals surface area contributed by atoms with Gasteiger partial charge in [-0.1, -0.05) is 0 Å². The maximum absolute atomic E-state index is 4.19. The topological polar surface area (TPSA) is 9.23 Å². The second-order valence-electron chi connectivity index (χ2n) is 0.0583. The van der Waals surface area contributed by atoms with Crippen molar-refractivity contribution in [3.05, 3.63) is 0 Å². The van der Waals surface area contributed by atoms with Gasteiger partial charge in [-0.05, 0) is 0 Å². The molecule has 2 radical (unpaired) electrons. The van der Waals surface area contributed by atoms with Gasteiger partial charge in [-0.15, -0.1) is 0 Å². The maximum atomic E-state index is 4.19. The average molecular weight is 349 g/mol. The van der Waals surface area contributed by atoms with Crippen molar-refractivity contribution in [3.8, 4) is 0 Å². The molecule has 0 N–H and O–H groups in total. The molecule has 0 saturated heterocycles. The van der Waals surface area contributed by atoms with Gasteiger partial charge in [0, 0.05) is 17.1 Å². The molecule has 0 aromatic carbocycles. The van der Waals surface area contributed by atoms with Gasteiger partial charge in [0.05, 0.1) is 0 Å². The third-order valence-electron chi connectivity index (χ3n) is 0. The van der Waals surface area contributed by atoms with Crippen LogP contribution in [0.1, 0.15) is 0 Å². The largest absolute Gasteiger partial charge is 0.247 e. The van der Waals surface area contributed by atoms with Crippen molar-refractivity contribution in [2.24, 2.45) is 0 Å². The normalized spacial score (nSPS) is 4.50. The van der Waals surface area contributed by atoms with Crippen molar-refractivity contribution in [2.75, 3.05) is 0 Å². The zero-order chi connectivity index (χ0) is 2.71. The van der Waals surface area contributed by atoms with Gasteiger partial charge in [0.1, 0.15) is 46.0 Å². The van der Waals surface area contributed by atoms with Crippen LogP contribution in [0.2, 0.25) is 0 Å². The van der Waals surface area contributed by atoms with Crippen LogP contribution in [-0.4, -0.2) is 17.1 Å². The van der Waals surface area contributed by atoms with E-state index >= 15 is 0 Å². The van der Waals surface area contributed by atoms with Crippen molar-refractivity contribution < 1.29 is 1.40 Å². The van der Waals surface area contributed by atoms with Crippen LogP contribution in [0.15, 0.2) is 0 Å². The summed E-state index contributed by atoms with van der Waals surface area (Å²) in [6.07, 6.45) is 0. The monoisotopic (exact) mass is 350 g/mol. The van der Waals surface area contributed by atoms with Crippen molar-refractivity contribution in [2.45, 2.75) is 0 Å². The second-order valence-corrected chi connectivity index (χ2v) is 2.62. The minimum atomic E-state index is 0. The molecule has 0 heterocycles. The summed E-state index contributed by atoms with van der Waals surface area (Å²) in [4.78, 5) is 0. The third kappa shape index (κ3) is 9.05. The van der Waals surface area contributed by atoms with E-state index in [4.69, 9.17) is 0 Å². The van der Waals surface area contributed by atoms with Gasteiger partial charge >= 0.3 is 0 Å². The van der Waals surface area contributed by atoms with Crippen LogP contribution in [0.25, 0.3) is 0 Å². The molecule has 0 fully saturated rings. The fourth-order valence-electron chi connectivity index (χ4n) is 0. The Labute approximate surface area is 63.7 Å². The van der Waals surface area contributed by atoms with Gasteiger partial charge in [-0.25, -0.2) is 1.40 Å². The van der Waals surface area contributed by atoms with Crippen LogP contribution in [-0.2, 0) is 1.40 Å². The molecule has 0 aliphatic carbocycles. The molecule has 0 amide bonds. The van der Waals surface area contributed by atoms with Gasteiger partial charge in [0.25, 0.3) is 0 Å². The molecule has 0 aromatic rings. The molecule has 0 atom stereocenters. The van der Waals surface area contributed by atoms with E-state index in [1.54, 1.807) is 46.0 Å². The average Bonchev–Trinajstić information content (AvgIpc) is 0.918. The third-order valence-corrected chi connectivity index (χ3v) is 0. The molecule has 1 nitrogen and oxygen atoms in total. The summed E-state index contributed by atoms with van der Waals surface area (Å²) in [6, 6.07) is 0. The molecule has 0 bridgehead atoms. The Balaban J connectivity index is 0. The number of hydrogen-bond acceptors (Lipinski definition) is 1. The molecule has 0 saturated carbocycles. The minimum Gasteiger partial charge on any atom is -0.247 e. The summed E-state index contributed by atoms with van der Waals surface area (Å²) in [7, 11) is 0. The molecule has 0 spiro atoms. The summed E-state index contributed by atoms with van der Waals surface area (Å²) in [5, 5.41) is 0. The van der Waals surface area contributed by atoms with E-state index in [0.717, 1.165) is 0 Å². The predicted octanol–water partition coefficient (Wildman–Crippen LogP) is 1.32. The van der Waals surface area contributed by atoms with Gasteiger partial charge < -0.3 is 0 Å². The van der Waals surface area contributed by atoms with Crippen LogP contribution < -0.4 is 0 Å². The van der Waals surface area contributed by atoms with E-state index in [1.165, 1.54) is 0 Å². The fourth-order valence-corrected chi connectivity index (χ4v) is 0. The molecule has 4 heteroatoms. The number of rotatable bonds is 0. The summed E-state index contributed by atoms with van der Waals surface area (Å²) in [5.74, 6) is 0. The standard InChI is InChI=1S/I2O.Se/c1-3-2;. The molecule has 0 aliphatic rings.